The van der Waals surface area contributed by atoms with E-state index in [1.807, 2.05) is 31.2 Å². The molecule has 2 aromatic rings. The Morgan fingerprint density at radius 3 is 2.89 bits per heavy atom. The lowest BCUT2D eigenvalue weighted by Gasteiger charge is -2.05. The van der Waals surface area contributed by atoms with Crippen molar-refractivity contribution < 1.29 is 4.79 Å². The van der Waals surface area contributed by atoms with Gasteiger partial charge in [-0.2, -0.15) is 0 Å². The van der Waals surface area contributed by atoms with E-state index in [-0.39, 0.29) is 11.6 Å². The van der Waals surface area contributed by atoms with E-state index in [2.05, 4.69) is 4.98 Å². The van der Waals surface area contributed by atoms with Crippen molar-refractivity contribution >= 4 is 23.2 Å². The monoisotopic (exact) mass is 260 g/mol. The zero-order valence-electron chi connectivity index (χ0n) is 9.98. The van der Waals surface area contributed by atoms with Crippen LogP contribution in [0.4, 0.5) is 5.82 Å². The van der Waals surface area contributed by atoms with Crippen LogP contribution in [-0.4, -0.2) is 10.8 Å². The number of nitrogens with zero attached hydrogens (tertiary/aromatic N) is 1. The second-order valence-electron chi connectivity index (χ2n) is 4.18. The molecule has 0 aliphatic heterocycles. The van der Waals surface area contributed by atoms with Crippen molar-refractivity contribution in [1.29, 1.82) is 0 Å². The van der Waals surface area contributed by atoms with Gasteiger partial charge in [0.15, 0.2) is 5.78 Å². The fraction of sp³-hybridized carbons (Fsp3) is 0.143. The average molecular weight is 261 g/mol. The number of rotatable bonds is 3. The molecule has 0 bridgehead atoms. The summed E-state index contributed by atoms with van der Waals surface area (Å²) in [7, 11) is 0. The van der Waals surface area contributed by atoms with Crippen molar-refractivity contribution in [3.63, 3.8) is 0 Å². The van der Waals surface area contributed by atoms with E-state index in [1.54, 1.807) is 6.07 Å². The summed E-state index contributed by atoms with van der Waals surface area (Å²) in [5.41, 5.74) is 8.14. The molecule has 92 valence electrons. The maximum Gasteiger partial charge on any atom is 0.170 e. The van der Waals surface area contributed by atoms with Gasteiger partial charge in [0.2, 0.25) is 0 Å². The molecule has 18 heavy (non-hydrogen) atoms. The molecule has 0 saturated heterocycles. The smallest absolute Gasteiger partial charge is 0.170 e. The summed E-state index contributed by atoms with van der Waals surface area (Å²) in [6.45, 7) is 1.99. The Bertz CT molecular complexity index is 596. The molecule has 0 fully saturated rings. The molecule has 0 atom stereocenters. The number of halogens is 1. The van der Waals surface area contributed by atoms with E-state index in [0.29, 0.717) is 17.0 Å². The second-order valence-corrected chi connectivity index (χ2v) is 4.61. The highest BCUT2D eigenvalue weighted by Crippen LogP contribution is 2.17. The molecule has 1 aromatic heterocycles. The Morgan fingerprint density at radius 1 is 1.39 bits per heavy atom. The summed E-state index contributed by atoms with van der Waals surface area (Å²) in [5, 5.41) is 0.414. The summed E-state index contributed by atoms with van der Waals surface area (Å²) in [6.07, 6.45) is 1.73. The highest BCUT2D eigenvalue weighted by atomic mass is 35.5. The molecule has 3 nitrogen and oxygen atoms in total. The number of carbonyl (C=O) groups excluding carboxylic acids is 1. The first-order valence-electron chi connectivity index (χ1n) is 5.56. The topological polar surface area (TPSA) is 56.0 Å². The number of aromatic nitrogens is 1. The summed E-state index contributed by atoms with van der Waals surface area (Å²) < 4.78 is 0. The lowest BCUT2D eigenvalue weighted by atomic mass is 10.0. The van der Waals surface area contributed by atoms with Gasteiger partial charge in [-0.25, -0.2) is 4.98 Å². The standard InChI is InChI=1S/C14H13ClN2O/c1-9-3-2-4-10(5-9)6-13(18)12-7-11(15)8-17-14(12)16/h2-5,7-8H,6H2,1H3,(H2,16,17). The minimum absolute atomic E-state index is 0.0758. The molecule has 4 heteroatoms. The number of nitrogens with two attached hydrogens (primary N) is 1. The van der Waals surface area contributed by atoms with E-state index < -0.39 is 0 Å². The van der Waals surface area contributed by atoms with Crippen LogP contribution in [0.2, 0.25) is 5.02 Å². The number of anilines is 1. The number of hydrogen-bond donors (Lipinski definition) is 1. The molecular weight excluding hydrogens is 248 g/mol. The Hall–Kier alpha value is -1.87. The van der Waals surface area contributed by atoms with Crippen LogP contribution in [0.3, 0.4) is 0 Å². The van der Waals surface area contributed by atoms with E-state index in [9.17, 15) is 4.79 Å². The lowest BCUT2D eigenvalue weighted by Crippen LogP contribution is -2.08. The van der Waals surface area contributed by atoms with Gasteiger partial charge >= 0.3 is 0 Å². The molecule has 0 aliphatic carbocycles. The summed E-state index contributed by atoms with van der Waals surface area (Å²) in [6, 6.07) is 9.37. The first-order valence-corrected chi connectivity index (χ1v) is 5.94. The minimum Gasteiger partial charge on any atom is -0.383 e. The SMILES string of the molecule is Cc1cccc(CC(=O)c2cc(Cl)cnc2N)c1. The largest absolute Gasteiger partial charge is 0.383 e. The van der Waals surface area contributed by atoms with Gasteiger partial charge in [0, 0.05) is 12.6 Å². The number of nitrogen functional groups attached to an aromatic ring is 1. The van der Waals surface area contributed by atoms with Crippen LogP contribution < -0.4 is 5.73 Å². The number of aryl methyl sites for hydroxylation is 1. The Morgan fingerprint density at radius 2 is 2.17 bits per heavy atom. The van der Waals surface area contributed by atoms with Gasteiger partial charge < -0.3 is 5.73 Å². The molecule has 0 radical (unpaired) electrons. The van der Waals surface area contributed by atoms with Crippen LogP contribution in [0.5, 0.6) is 0 Å². The van der Waals surface area contributed by atoms with Crippen LogP contribution in [0.15, 0.2) is 36.5 Å². The van der Waals surface area contributed by atoms with Gasteiger partial charge in [-0.15, -0.1) is 0 Å². The van der Waals surface area contributed by atoms with Crippen molar-refractivity contribution in [2.24, 2.45) is 0 Å². The fourth-order valence-electron chi connectivity index (χ4n) is 1.78. The first kappa shape index (κ1) is 12.6. The van der Waals surface area contributed by atoms with E-state index in [1.165, 1.54) is 6.20 Å². The predicted octanol–water partition coefficient (Wildman–Crippen LogP) is 3.05. The Labute approximate surface area is 111 Å². The number of ketones is 1. The molecule has 2 rings (SSSR count). The molecule has 0 aliphatic rings. The van der Waals surface area contributed by atoms with E-state index >= 15 is 0 Å². The Balaban J connectivity index is 2.24. The third kappa shape index (κ3) is 2.87. The predicted molar refractivity (Wildman–Crippen MR) is 72.9 cm³/mol. The third-order valence-corrected chi connectivity index (χ3v) is 2.84. The number of hydrogen-bond acceptors (Lipinski definition) is 3. The van der Waals surface area contributed by atoms with Crippen molar-refractivity contribution in [3.8, 4) is 0 Å². The molecule has 1 aromatic carbocycles. The summed E-state index contributed by atoms with van der Waals surface area (Å²) in [5.74, 6) is 0.144. The van der Waals surface area contributed by atoms with Crippen LogP contribution in [-0.2, 0) is 6.42 Å². The average Bonchev–Trinajstić information content (AvgIpc) is 2.32. The van der Waals surface area contributed by atoms with Crippen LogP contribution in [0, 0.1) is 6.92 Å². The first-order chi connectivity index (χ1) is 8.56. The third-order valence-electron chi connectivity index (χ3n) is 2.63. The quantitative estimate of drug-likeness (QED) is 0.863. The van der Waals surface area contributed by atoms with Crippen LogP contribution in [0.25, 0.3) is 0 Å². The molecule has 0 spiro atoms. The molecule has 0 amide bonds. The van der Waals surface area contributed by atoms with Gasteiger partial charge in [0.05, 0.1) is 10.6 Å². The number of benzene rings is 1. The number of pyridine rings is 1. The minimum atomic E-state index is -0.0758. The van der Waals surface area contributed by atoms with Crippen LogP contribution >= 0.6 is 11.6 Å². The molecule has 0 unspecified atom stereocenters. The van der Waals surface area contributed by atoms with Gasteiger partial charge in [0.25, 0.3) is 0 Å². The zero-order valence-corrected chi connectivity index (χ0v) is 10.7. The summed E-state index contributed by atoms with van der Waals surface area (Å²) in [4.78, 5) is 16.0. The van der Waals surface area contributed by atoms with Gasteiger partial charge in [-0.3, -0.25) is 4.79 Å². The van der Waals surface area contributed by atoms with E-state index in [4.69, 9.17) is 17.3 Å². The maximum absolute atomic E-state index is 12.1. The molecular formula is C14H13ClN2O. The maximum atomic E-state index is 12.1. The van der Waals surface area contributed by atoms with Crippen molar-refractivity contribution in [2.45, 2.75) is 13.3 Å². The second kappa shape index (κ2) is 5.19. The molecule has 2 N–H and O–H groups in total. The van der Waals surface area contributed by atoms with Crippen molar-refractivity contribution in [3.05, 3.63) is 58.2 Å². The van der Waals surface area contributed by atoms with Crippen molar-refractivity contribution in [2.75, 3.05) is 5.73 Å². The highest BCUT2D eigenvalue weighted by molar-refractivity contribution is 6.31. The van der Waals surface area contributed by atoms with Crippen molar-refractivity contribution in [1.82, 2.24) is 4.98 Å². The zero-order chi connectivity index (χ0) is 13.1. The highest BCUT2D eigenvalue weighted by Gasteiger charge is 2.12. The number of carbonyl (C=O) groups is 1. The van der Waals surface area contributed by atoms with Crippen LogP contribution in [0.1, 0.15) is 21.5 Å². The summed E-state index contributed by atoms with van der Waals surface area (Å²) >= 11 is 5.82. The van der Waals surface area contributed by atoms with Gasteiger partial charge in [-0.05, 0) is 18.6 Å². The molecule has 0 saturated carbocycles. The molecule has 1 heterocycles. The number of Topliss-reactive ketones (excluding diaryl/α,β-unsaturated/α-hetero) is 1. The van der Waals surface area contributed by atoms with Gasteiger partial charge in [0.1, 0.15) is 5.82 Å². The fourth-order valence-corrected chi connectivity index (χ4v) is 1.93. The van der Waals surface area contributed by atoms with Gasteiger partial charge in [-0.1, -0.05) is 41.4 Å². The lowest BCUT2D eigenvalue weighted by molar-refractivity contribution is 0.0993. The normalized spacial score (nSPS) is 10.3. The van der Waals surface area contributed by atoms with E-state index in [0.717, 1.165) is 11.1 Å². The Kier molecular flexibility index (Phi) is 3.63.